The van der Waals surface area contributed by atoms with Crippen LogP contribution in [0, 0.1) is 34.0 Å². The van der Waals surface area contributed by atoms with E-state index in [2.05, 4.69) is 376 Å². The second-order valence-corrected chi connectivity index (χ2v) is 38.9. The SMILES string of the molecule is N#Cc1nc(-c2ccc(-c3ccc(-n4c5ccccc5c5cc(-c6ccc7sc8ccc9ccccc9c8c7c6)ccc54)cc3)cc2)nc2ccccc12.N#Cc1nc(-c2ccc(-c3ccc(-n4c5ccccc5c5cc(-c6ccc7sc8ccccc8c7c6)ccc54)cc3)cc2)nc2ccccc12.N#Cc1nc(-n2c3ccc(-c4cccc5c4oc4ccccc45)cc3c3c4ccccc4ccc32)nc2ccccc12. The van der Waals surface area contributed by atoms with E-state index in [4.69, 9.17) is 24.4 Å². The van der Waals surface area contributed by atoms with Crippen LogP contribution in [0.3, 0.4) is 0 Å². The van der Waals surface area contributed by atoms with Crippen molar-refractivity contribution in [2.24, 2.45) is 0 Å². The van der Waals surface area contributed by atoms with Gasteiger partial charge in [0.15, 0.2) is 28.7 Å². The predicted octanol–water partition coefficient (Wildman–Crippen LogP) is 34.4. The summed E-state index contributed by atoms with van der Waals surface area (Å²) in [7, 11) is 0. The second-order valence-electron chi connectivity index (χ2n) is 36.8. The molecule has 9 aromatic heterocycles. The molecule has 146 heavy (non-hydrogen) atoms. The van der Waals surface area contributed by atoms with Crippen LogP contribution in [0.5, 0.6) is 0 Å². The summed E-state index contributed by atoms with van der Waals surface area (Å²) in [5.41, 5.74) is 27.3. The first-order valence-corrected chi connectivity index (χ1v) is 50.0. The number of fused-ring (bicyclic) bond motifs is 25. The number of aromatic nitrogens is 9. The third kappa shape index (κ3) is 14.1. The van der Waals surface area contributed by atoms with Gasteiger partial charge in [-0.3, -0.25) is 4.57 Å². The number of nitrogens with zero attached hydrogens (tertiary/aromatic N) is 12. The lowest BCUT2D eigenvalue weighted by atomic mass is 9.99. The number of para-hydroxylation sites is 7. The highest BCUT2D eigenvalue weighted by Gasteiger charge is 2.25. The molecular formula is C131H74N12OS2. The van der Waals surface area contributed by atoms with Gasteiger partial charge in [0.1, 0.15) is 29.4 Å². The summed E-state index contributed by atoms with van der Waals surface area (Å²) >= 11 is 3.72. The third-order valence-corrected chi connectivity index (χ3v) is 30.9. The largest absolute Gasteiger partial charge is 0.455 e. The molecule has 676 valence electrons. The van der Waals surface area contributed by atoms with Gasteiger partial charge in [0.05, 0.1) is 49.7 Å². The minimum absolute atomic E-state index is 0.361. The van der Waals surface area contributed by atoms with Gasteiger partial charge in [0.25, 0.3) is 0 Å². The maximum atomic E-state index is 9.97. The second kappa shape index (κ2) is 34.4. The van der Waals surface area contributed by atoms with Crippen molar-refractivity contribution in [2.75, 3.05) is 0 Å². The van der Waals surface area contributed by atoms with Gasteiger partial charge >= 0.3 is 0 Å². The fourth-order valence-corrected chi connectivity index (χ4v) is 23.9. The standard InChI is InChI=1S/C49H28N4S.C45H26N4S.C37H20N4O/c50-29-43-39-10-3-5-11-42(39)51-49(52-43)33-15-13-30(14-16-33)31-17-22-36(23-18-31)53-44-12-6-4-9-38(44)40-27-34(19-24-45(40)53)35-21-25-46-41(28-35)48-37-8-2-1-7-32(37)20-26-47(48)54-46;46-27-40-36-9-1-4-10-39(36)47-45(48-40)30-15-13-28(14-16-30)29-17-21-33(22-18-29)49-41-11-5-2-7-34(41)37-25-31(19-23-42(37)49)32-20-24-44-38(26-32)35-8-3-6-12-43(35)50-44;38-21-31-28-11-3-5-14-30(28)39-37(40-31)41-32-18-17-23(20-29(32)35-24-9-2-1-8-22(24)16-19-33(35)41)25-12-7-13-27-26-10-4-6-15-34(26)42-36(25)27/h1-28H;1-26H;1-20H. The highest BCUT2D eigenvalue weighted by Crippen LogP contribution is 2.47. The molecule has 0 unspecified atom stereocenters. The number of thiophene rings is 2. The van der Waals surface area contributed by atoms with Crippen LogP contribution >= 0.6 is 22.7 Å². The topological polar surface area (TPSA) is 177 Å². The Morgan fingerprint density at radius 2 is 0.575 bits per heavy atom. The predicted molar refractivity (Wildman–Crippen MR) is 602 cm³/mol. The third-order valence-electron chi connectivity index (χ3n) is 28.6. The molecule has 0 saturated carbocycles. The van der Waals surface area contributed by atoms with Crippen molar-refractivity contribution < 1.29 is 4.42 Å². The van der Waals surface area contributed by atoms with Gasteiger partial charge in [-0.05, 0) is 229 Å². The van der Waals surface area contributed by atoms with Gasteiger partial charge in [-0.1, -0.05) is 291 Å². The summed E-state index contributed by atoms with van der Waals surface area (Å²) < 4.78 is 18.5. The van der Waals surface area contributed by atoms with Gasteiger partial charge in [0.2, 0.25) is 5.95 Å². The Kier molecular flexibility index (Phi) is 19.9. The van der Waals surface area contributed by atoms with E-state index in [1.807, 2.05) is 138 Å². The van der Waals surface area contributed by atoms with Crippen molar-refractivity contribution in [3.8, 4) is 114 Å². The molecular weight excluding hydrogens is 1820 g/mol. The molecule has 0 N–H and O–H groups in total. The number of hydrogen-bond acceptors (Lipinski definition) is 12. The maximum absolute atomic E-state index is 9.97. The van der Waals surface area contributed by atoms with Crippen LogP contribution < -0.4 is 0 Å². The maximum Gasteiger partial charge on any atom is 0.236 e. The number of nitriles is 3. The molecule has 0 aliphatic rings. The van der Waals surface area contributed by atoms with Crippen LogP contribution in [0.25, 0.3) is 278 Å². The van der Waals surface area contributed by atoms with Crippen molar-refractivity contribution in [3.05, 3.63) is 466 Å². The zero-order chi connectivity index (χ0) is 96.7. The molecule has 9 heterocycles. The van der Waals surface area contributed by atoms with Crippen LogP contribution in [0.4, 0.5) is 0 Å². The average Bonchev–Trinajstić information content (AvgIpc) is 1.56. The summed E-state index contributed by atoms with van der Waals surface area (Å²) in [6, 6.07) is 164. The van der Waals surface area contributed by atoms with E-state index < -0.39 is 0 Å². The van der Waals surface area contributed by atoms with Crippen molar-refractivity contribution >= 4 is 205 Å². The zero-order valence-corrected chi connectivity index (χ0v) is 79.4. The van der Waals surface area contributed by atoms with Gasteiger partial charge in [-0.25, -0.2) is 29.9 Å². The summed E-state index contributed by atoms with van der Waals surface area (Å²) in [4.78, 5) is 28.3. The van der Waals surface area contributed by atoms with Crippen molar-refractivity contribution in [3.63, 3.8) is 0 Å². The Balaban J connectivity index is 0.000000107. The first-order valence-electron chi connectivity index (χ1n) is 48.3. The number of rotatable bonds is 10. The van der Waals surface area contributed by atoms with E-state index in [0.717, 1.165) is 143 Å². The average molecular weight is 1900 g/mol. The Bertz CT molecular complexity index is 10900. The van der Waals surface area contributed by atoms with Gasteiger partial charge in [-0.15, -0.1) is 22.7 Å². The Labute approximate surface area is 842 Å². The van der Waals surface area contributed by atoms with Crippen LogP contribution in [-0.2, 0) is 0 Å². The molecule has 0 atom stereocenters. The first kappa shape index (κ1) is 84.3. The lowest BCUT2D eigenvalue weighted by Gasteiger charge is -2.10. The van der Waals surface area contributed by atoms with E-state index in [1.165, 1.54) is 117 Å². The van der Waals surface area contributed by atoms with Crippen LogP contribution in [-0.4, -0.2) is 43.6 Å². The molecule has 13 nitrogen and oxygen atoms in total. The summed E-state index contributed by atoms with van der Waals surface area (Å²) in [6.07, 6.45) is 0. The highest BCUT2D eigenvalue weighted by molar-refractivity contribution is 7.26. The van der Waals surface area contributed by atoms with E-state index in [1.54, 1.807) is 0 Å². The van der Waals surface area contributed by atoms with Crippen LogP contribution in [0.2, 0.25) is 0 Å². The van der Waals surface area contributed by atoms with E-state index in [9.17, 15) is 15.8 Å². The zero-order valence-electron chi connectivity index (χ0n) is 77.8. The van der Waals surface area contributed by atoms with E-state index in [0.29, 0.717) is 34.7 Å². The Morgan fingerprint density at radius 3 is 1.13 bits per heavy atom. The molecule has 0 fully saturated rings. The monoisotopic (exact) mass is 1890 g/mol. The summed E-state index contributed by atoms with van der Waals surface area (Å²) in [6.45, 7) is 0. The lowest BCUT2D eigenvalue weighted by Crippen LogP contribution is -2.03. The quantitative estimate of drug-likeness (QED) is 0.128. The summed E-state index contributed by atoms with van der Waals surface area (Å²) in [5, 5.41) is 51.2. The first-order chi connectivity index (χ1) is 72.2. The molecule has 0 amide bonds. The fraction of sp³-hybridized carbons (Fsp3) is 0. The van der Waals surface area contributed by atoms with E-state index in [-0.39, 0.29) is 0 Å². The van der Waals surface area contributed by atoms with Gasteiger partial charge in [-0.2, -0.15) is 15.8 Å². The smallest absolute Gasteiger partial charge is 0.236 e. The van der Waals surface area contributed by atoms with Crippen molar-refractivity contribution in [1.29, 1.82) is 15.8 Å². The van der Waals surface area contributed by atoms with Gasteiger partial charge in [0, 0.05) is 128 Å². The van der Waals surface area contributed by atoms with Gasteiger partial charge < -0.3 is 13.6 Å². The van der Waals surface area contributed by atoms with Crippen molar-refractivity contribution in [1.82, 2.24) is 43.6 Å². The molecule has 0 aliphatic heterocycles. The lowest BCUT2D eigenvalue weighted by molar-refractivity contribution is 0.670. The molecule has 21 aromatic carbocycles. The summed E-state index contributed by atoms with van der Waals surface area (Å²) in [5.74, 6) is 1.58. The number of hydrogen-bond donors (Lipinski definition) is 0. The molecule has 30 rings (SSSR count). The molecule has 0 bridgehead atoms. The Hall–Kier alpha value is -19.7. The highest BCUT2D eigenvalue weighted by atomic mass is 32.1. The number of furan rings is 1. The molecule has 0 aliphatic carbocycles. The fourth-order valence-electron chi connectivity index (χ4n) is 21.7. The van der Waals surface area contributed by atoms with Crippen LogP contribution in [0.15, 0.2) is 453 Å². The molecule has 0 radical (unpaired) electrons. The molecule has 0 saturated heterocycles. The minimum Gasteiger partial charge on any atom is -0.455 e. The molecule has 30 aromatic rings. The number of benzene rings is 21. The molecule has 15 heteroatoms. The normalized spacial score (nSPS) is 11.7. The molecule has 0 spiro atoms. The Morgan fingerprint density at radius 1 is 0.212 bits per heavy atom. The van der Waals surface area contributed by atoms with Crippen molar-refractivity contribution in [2.45, 2.75) is 0 Å². The van der Waals surface area contributed by atoms with Crippen LogP contribution in [0.1, 0.15) is 17.1 Å². The van der Waals surface area contributed by atoms with E-state index >= 15 is 0 Å². The minimum atomic E-state index is 0.361.